The van der Waals surface area contributed by atoms with Crippen molar-refractivity contribution in [2.24, 2.45) is 7.05 Å². The molecule has 1 unspecified atom stereocenters. The Kier molecular flexibility index (Phi) is 4.43. The van der Waals surface area contributed by atoms with Crippen LogP contribution >= 0.6 is 15.9 Å². The summed E-state index contributed by atoms with van der Waals surface area (Å²) in [4.78, 5) is 0. The van der Waals surface area contributed by atoms with Crippen molar-refractivity contribution in [3.05, 3.63) is 51.3 Å². The third-order valence-corrected chi connectivity index (χ3v) is 4.31. The first-order chi connectivity index (χ1) is 9.71. The van der Waals surface area contributed by atoms with Crippen LogP contribution in [-0.4, -0.2) is 14.9 Å². The number of benzene rings is 1. The number of aryl methyl sites for hydroxylation is 2. The second-order valence-corrected chi connectivity index (χ2v) is 5.57. The van der Waals surface area contributed by atoms with Gasteiger partial charge in [-0.25, -0.2) is 0 Å². The Morgan fingerprint density at radius 1 is 1.33 bits per heavy atom. The number of alkyl halides is 3. The van der Waals surface area contributed by atoms with Crippen molar-refractivity contribution in [2.75, 3.05) is 0 Å². The third kappa shape index (κ3) is 3.29. The van der Waals surface area contributed by atoms with Gasteiger partial charge in [-0.3, -0.25) is 4.68 Å². The second-order valence-electron chi connectivity index (χ2n) is 4.77. The van der Waals surface area contributed by atoms with E-state index in [9.17, 15) is 18.3 Å². The Balaban J connectivity index is 2.35. The van der Waals surface area contributed by atoms with E-state index in [-0.39, 0.29) is 12.0 Å². The van der Waals surface area contributed by atoms with E-state index in [0.717, 1.165) is 11.8 Å². The van der Waals surface area contributed by atoms with Gasteiger partial charge in [-0.1, -0.05) is 18.2 Å². The SMILES string of the molecule is Cc1nn(C)c(CC(O)c2ccccc2C(F)(F)F)c1Br. The Labute approximate surface area is 128 Å². The maximum Gasteiger partial charge on any atom is 0.416 e. The fraction of sp³-hybridized carbons (Fsp3) is 0.357. The van der Waals surface area contributed by atoms with Crippen LogP contribution in [0.1, 0.15) is 28.6 Å². The minimum atomic E-state index is -4.49. The lowest BCUT2D eigenvalue weighted by Crippen LogP contribution is -2.14. The van der Waals surface area contributed by atoms with Crippen LogP contribution < -0.4 is 0 Å². The molecular formula is C14H14BrF3N2O. The van der Waals surface area contributed by atoms with E-state index in [0.29, 0.717) is 10.2 Å². The standard InChI is InChI=1S/C14H14BrF3N2O/c1-8-13(15)11(20(2)19-8)7-12(21)9-5-3-4-6-10(9)14(16,17)18/h3-6,12,21H,7H2,1-2H3. The molecule has 1 aromatic heterocycles. The number of aliphatic hydroxyl groups is 1. The lowest BCUT2D eigenvalue weighted by molar-refractivity contribution is -0.139. The molecule has 0 amide bonds. The van der Waals surface area contributed by atoms with Crippen molar-refractivity contribution in [3.8, 4) is 0 Å². The number of aliphatic hydroxyl groups excluding tert-OH is 1. The van der Waals surface area contributed by atoms with E-state index in [1.807, 2.05) is 0 Å². The largest absolute Gasteiger partial charge is 0.416 e. The summed E-state index contributed by atoms with van der Waals surface area (Å²) in [5.74, 6) is 0. The molecular weight excluding hydrogens is 349 g/mol. The molecule has 3 nitrogen and oxygen atoms in total. The Bertz CT molecular complexity index is 652. The van der Waals surface area contributed by atoms with Crippen molar-refractivity contribution in [3.63, 3.8) is 0 Å². The van der Waals surface area contributed by atoms with Crippen LogP contribution in [0.5, 0.6) is 0 Å². The van der Waals surface area contributed by atoms with Crippen LogP contribution in [0.2, 0.25) is 0 Å². The number of hydrogen-bond acceptors (Lipinski definition) is 2. The fourth-order valence-electron chi connectivity index (χ4n) is 2.24. The highest BCUT2D eigenvalue weighted by Crippen LogP contribution is 2.36. The minimum Gasteiger partial charge on any atom is -0.388 e. The predicted molar refractivity (Wildman–Crippen MR) is 75.8 cm³/mol. The summed E-state index contributed by atoms with van der Waals surface area (Å²) in [6.07, 6.45) is -5.70. The van der Waals surface area contributed by atoms with Crippen LogP contribution in [-0.2, 0) is 19.6 Å². The summed E-state index contributed by atoms with van der Waals surface area (Å²) < 4.78 is 41.2. The molecule has 0 saturated carbocycles. The normalized spacial score (nSPS) is 13.5. The molecule has 0 radical (unpaired) electrons. The highest BCUT2D eigenvalue weighted by atomic mass is 79.9. The molecule has 0 fully saturated rings. The fourth-order valence-corrected chi connectivity index (χ4v) is 2.74. The van der Waals surface area contributed by atoms with E-state index < -0.39 is 17.8 Å². The Morgan fingerprint density at radius 2 is 1.95 bits per heavy atom. The average Bonchev–Trinajstić information content (AvgIpc) is 2.64. The monoisotopic (exact) mass is 362 g/mol. The van der Waals surface area contributed by atoms with E-state index in [2.05, 4.69) is 21.0 Å². The quantitative estimate of drug-likeness (QED) is 0.901. The molecule has 7 heteroatoms. The van der Waals surface area contributed by atoms with Crippen molar-refractivity contribution in [1.82, 2.24) is 9.78 Å². The Morgan fingerprint density at radius 3 is 2.48 bits per heavy atom. The van der Waals surface area contributed by atoms with Gasteiger partial charge in [0.25, 0.3) is 0 Å². The van der Waals surface area contributed by atoms with Gasteiger partial charge in [0.15, 0.2) is 0 Å². The molecule has 2 rings (SSSR count). The van der Waals surface area contributed by atoms with Crippen LogP contribution in [0.4, 0.5) is 13.2 Å². The van der Waals surface area contributed by atoms with Crippen LogP contribution in [0.3, 0.4) is 0 Å². The second kappa shape index (κ2) is 5.81. The molecule has 1 heterocycles. The van der Waals surface area contributed by atoms with Crippen LogP contribution in [0.25, 0.3) is 0 Å². The van der Waals surface area contributed by atoms with E-state index in [1.54, 1.807) is 18.7 Å². The Hall–Kier alpha value is -1.34. The van der Waals surface area contributed by atoms with Gasteiger partial charge in [-0.2, -0.15) is 18.3 Å². The van der Waals surface area contributed by atoms with Crippen molar-refractivity contribution < 1.29 is 18.3 Å². The first kappa shape index (κ1) is 16.0. The molecule has 0 bridgehead atoms. The molecule has 1 atom stereocenters. The molecule has 0 aliphatic heterocycles. The smallest absolute Gasteiger partial charge is 0.388 e. The molecule has 1 aromatic carbocycles. The highest BCUT2D eigenvalue weighted by molar-refractivity contribution is 9.10. The summed E-state index contributed by atoms with van der Waals surface area (Å²) in [6.45, 7) is 1.78. The first-order valence-corrected chi connectivity index (χ1v) is 7.03. The molecule has 2 aromatic rings. The van der Waals surface area contributed by atoms with E-state index >= 15 is 0 Å². The molecule has 21 heavy (non-hydrogen) atoms. The molecule has 114 valence electrons. The molecule has 0 saturated heterocycles. The van der Waals surface area contributed by atoms with Gasteiger partial charge in [0, 0.05) is 13.5 Å². The highest BCUT2D eigenvalue weighted by Gasteiger charge is 2.34. The van der Waals surface area contributed by atoms with Gasteiger partial charge in [0.2, 0.25) is 0 Å². The zero-order chi connectivity index (χ0) is 15.8. The van der Waals surface area contributed by atoms with Gasteiger partial charge in [-0.05, 0) is 34.5 Å². The predicted octanol–water partition coefficient (Wildman–Crippen LogP) is 3.79. The number of halogens is 4. The van der Waals surface area contributed by atoms with Crippen molar-refractivity contribution in [1.29, 1.82) is 0 Å². The summed E-state index contributed by atoms with van der Waals surface area (Å²) in [5.41, 5.74) is 0.434. The van der Waals surface area contributed by atoms with E-state index in [1.165, 1.54) is 18.2 Å². The zero-order valence-corrected chi connectivity index (χ0v) is 13.0. The van der Waals surface area contributed by atoms with Gasteiger partial charge in [0.05, 0.1) is 27.5 Å². The number of rotatable bonds is 3. The summed E-state index contributed by atoms with van der Waals surface area (Å²) >= 11 is 3.34. The number of hydrogen-bond donors (Lipinski definition) is 1. The van der Waals surface area contributed by atoms with Crippen molar-refractivity contribution >= 4 is 15.9 Å². The zero-order valence-electron chi connectivity index (χ0n) is 11.4. The van der Waals surface area contributed by atoms with E-state index in [4.69, 9.17) is 0 Å². The molecule has 0 spiro atoms. The molecule has 0 aliphatic rings. The minimum absolute atomic E-state index is 0.0466. The lowest BCUT2D eigenvalue weighted by atomic mass is 9.98. The number of aromatic nitrogens is 2. The average molecular weight is 363 g/mol. The third-order valence-electron chi connectivity index (χ3n) is 3.27. The molecule has 1 N–H and O–H groups in total. The lowest BCUT2D eigenvalue weighted by Gasteiger charge is -2.17. The summed E-state index contributed by atoms with van der Waals surface area (Å²) in [7, 11) is 1.69. The molecule has 0 aliphatic carbocycles. The number of nitrogens with zero attached hydrogens (tertiary/aromatic N) is 2. The maximum absolute atomic E-state index is 13.0. The van der Waals surface area contributed by atoms with Gasteiger partial charge < -0.3 is 5.11 Å². The van der Waals surface area contributed by atoms with Gasteiger partial charge >= 0.3 is 6.18 Å². The van der Waals surface area contributed by atoms with Crippen LogP contribution in [0.15, 0.2) is 28.7 Å². The maximum atomic E-state index is 13.0. The topological polar surface area (TPSA) is 38.0 Å². The van der Waals surface area contributed by atoms with Crippen LogP contribution in [0, 0.1) is 6.92 Å². The van der Waals surface area contributed by atoms with Gasteiger partial charge in [0.1, 0.15) is 0 Å². The first-order valence-electron chi connectivity index (χ1n) is 6.24. The summed E-state index contributed by atoms with van der Waals surface area (Å²) in [6, 6.07) is 5.06. The van der Waals surface area contributed by atoms with Crippen molar-refractivity contribution in [2.45, 2.75) is 25.6 Å². The summed E-state index contributed by atoms with van der Waals surface area (Å²) in [5, 5.41) is 14.4. The van der Waals surface area contributed by atoms with Gasteiger partial charge in [-0.15, -0.1) is 0 Å².